The van der Waals surface area contributed by atoms with Crippen LogP contribution in [0, 0.1) is 0 Å². The molecule has 0 saturated heterocycles. The summed E-state index contributed by atoms with van der Waals surface area (Å²) in [4.78, 5) is 23.7. The largest absolute Gasteiger partial charge is 0.481 e. The Kier molecular flexibility index (Phi) is 6.58. The zero-order valence-corrected chi connectivity index (χ0v) is 12.9. The summed E-state index contributed by atoms with van der Waals surface area (Å²) in [6, 6.07) is 7.32. The molecule has 5 heteroatoms. The van der Waals surface area contributed by atoms with Crippen molar-refractivity contribution in [2.45, 2.75) is 49.8 Å². The van der Waals surface area contributed by atoms with Gasteiger partial charge in [0.2, 0.25) is 0 Å². The average molecular weight is 295 g/mol. The third kappa shape index (κ3) is 5.65. The van der Waals surface area contributed by atoms with E-state index in [9.17, 15) is 9.59 Å². The Hall–Kier alpha value is -1.49. The van der Waals surface area contributed by atoms with Crippen molar-refractivity contribution in [3.63, 3.8) is 0 Å². The fourth-order valence-corrected chi connectivity index (χ4v) is 2.68. The lowest BCUT2D eigenvalue weighted by atomic mass is 10.1. The SMILES string of the molecule is CC(CCC(=O)O)NC(=O)c1ccccc1SC(C)C. The van der Waals surface area contributed by atoms with Crippen LogP contribution in [0.5, 0.6) is 0 Å². The summed E-state index contributed by atoms with van der Waals surface area (Å²) < 4.78 is 0. The van der Waals surface area contributed by atoms with E-state index < -0.39 is 5.97 Å². The maximum Gasteiger partial charge on any atom is 0.303 e. The summed E-state index contributed by atoms with van der Waals surface area (Å²) in [5, 5.41) is 11.9. The molecular weight excluding hydrogens is 274 g/mol. The number of hydrogen-bond acceptors (Lipinski definition) is 3. The Bertz CT molecular complexity index is 474. The number of carboxylic acids is 1. The van der Waals surface area contributed by atoms with Crippen LogP contribution in [-0.4, -0.2) is 28.3 Å². The number of carboxylic acid groups (broad SMARTS) is 1. The molecule has 0 aliphatic rings. The van der Waals surface area contributed by atoms with Crippen LogP contribution in [0.4, 0.5) is 0 Å². The third-order valence-electron chi connectivity index (χ3n) is 2.66. The van der Waals surface area contributed by atoms with Gasteiger partial charge in [-0.05, 0) is 25.5 Å². The molecule has 1 aromatic rings. The number of hydrogen-bond donors (Lipinski definition) is 2. The lowest BCUT2D eigenvalue weighted by Crippen LogP contribution is -2.33. The smallest absolute Gasteiger partial charge is 0.303 e. The normalized spacial score (nSPS) is 12.2. The molecule has 110 valence electrons. The quantitative estimate of drug-likeness (QED) is 0.758. The van der Waals surface area contributed by atoms with Gasteiger partial charge in [0.1, 0.15) is 0 Å². The highest BCUT2D eigenvalue weighted by Gasteiger charge is 2.15. The van der Waals surface area contributed by atoms with Crippen LogP contribution < -0.4 is 5.32 Å². The number of rotatable bonds is 7. The van der Waals surface area contributed by atoms with Crippen molar-refractivity contribution in [3.05, 3.63) is 29.8 Å². The molecule has 0 heterocycles. The van der Waals surface area contributed by atoms with Gasteiger partial charge in [-0.3, -0.25) is 9.59 Å². The van der Waals surface area contributed by atoms with Gasteiger partial charge in [-0.2, -0.15) is 0 Å². The Morgan fingerprint density at radius 2 is 1.90 bits per heavy atom. The molecule has 1 amide bonds. The number of nitrogens with one attached hydrogen (secondary N) is 1. The molecule has 1 rings (SSSR count). The first kappa shape index (κ1) is 16.6. The van der Waals surface area contributed by atoms with Crippen LogP contribution in [0.1, 0.15) is 44.0 Å². The highest BCUT2D eigenvalue weighted by molar-refractivity contribution is 8.00. The second-order valence-corrected chi connectivity index (χ2v) is 6.59. The molecule has 1 unspecified atom stereocenters. The van der Waals surface area contributed by atoms with Gasteiger partial charge in [0.15, 0.2) is 0 Å². The van der Waals surface area contributed by atoms with Crippen molar-refractivity contribution >= 4 is 23.6 Å². The van der Waals surface area contributed by atoms with E-state index in [0.717, 1.165) is 4.90 Å². The molecule has 20 heavy (non-hydrogen) atoms. The van der Waals surface area contributed by atoms with Crippen LogP contribution in [0.25, 0.3) is 0 Å². The van der Waals surface area contributed by atoms with Gasteiger partial charge in [0.05, 0.1) is 5.56 Å². The van der Waals surface area contributed by atoms with Crippen LogP contribution >= 0.6 is 11.8 Å². The maximum atomic E-state index is 12.2. The van der Waals surface area contributed by atoms with Gasteiger partial charge in [-0.1, -0.05) is 26.0 Å². The van der Waals surface area contributed by atoms with Crippen molar-refractivity contribution < 1.29 is 14.7 Å². The lowest BCUT2D eigenvalue weighted by molar-refractivity contribution is -0.137. The molecule has 0 aliphatic heterocycles. The van der Waals surface area contributed by atoms with E-state index >= 15 is 0 Å². The first-order valence-corrected chi connectivity index (χ1v) is 7.56. The second-order valence-electron chi connectivity index (χ2n) is 4.97. The van der Waals surface area contributed by atoms with Crippen molar-refractivity contribution in [3.8, 4) is 0 Å². The summed E-state index contributed by atoms with van der Waals surface area (Å²) in [6.45, 7) is 5.97. The molecule has 2 N–H and O–H groups in total. The van der Waals surface area contributed by atoms with Crippen molar-refractivity contribution in [2.75, 3.05) is 0 Å². The molecule has 0 bridgehead atoms. The summed E-state index contributed by atoms with van der Waals surface area (Å²) in [5.74, 6) is -0.992. The minimum atomic E-state index is -0.845. The lowest BCUT2D eigenvalue weighted by Gasteiger charge is -2.15. The fourth-order valence-electron chi connectivity index (χ4n) is 1.72. The van der Waals surface area contributed by atoms with Crippen LogP contribution in [0.2, 0.25) is 0 Å². The summed E-state index contributed by atoms with van der Waals surface area (Å²) in [6.07, 6.45) is 0.490. The minimum absolute atomic E-state index is 0.0594. The fraction of sp³-hybridized carbons (Fsp3) is 0.467. The van der Waals surface area contributed by atoms with Crippen LogP contribution in [-0.2, 0) is 4.79 Å². The summed E-state index contributed by atoms with van der Waals surface area (Å²) in [5.41, 5.74) is 0.647. The number of benzene rings is 1. The number of amides is 1. The van der Waals surface area contributed by atoms with Gasteiger partial charge in [0, 0.05) is 22.6 Å². The molecule has 1 aromatic carbocycles. The zero-order valence-electron chi connectivity index (χ0n) is 12.1. The van der Waals surface area contributed by atoms with E-state index in [-0.39, 0.29) is 18.4 Å². The maximum absolute atomic E-state index is 12.2. The van der Waals surface area contributed by atoms with E-state index in [1.807, 2.05) is 25.1 Å². The Morgan fingerprint density at radius 3 is 2.50 bits per heavy atom. The Balaban J connectivity index is 2.69. The zero-order chi connectivity index (χ0) is 15.1. The Labute approximate surface area is 124 Å². The highest BCUT2D eigenvalue weighted by Crippen LogP contribution is 2.26. The van der Waals surface area contributed by atoms with E-state index in [4.69, 9.17) is 5.11 Å². The van der Waals surface area contributed by atoms with Gasteiger partial charge < -0.3 is 10.4 Å². The van der Waals surface area contributed by atoms with Gasteiger partial charge in [0.25, 0.3) is 5.91 Å². The third-order valence-corrected chi connectivity index (χ3v) is 3.74. The van der Waals surface area contributed by atoms with E-state index in [1.54, 1.807) is 17.8 Å². The molecule has 0 fully saturated rings. The molecule has 0 saturated carbocycles. The van der Waals surface area contributed by atoms with Crippen LogP contribution in [0.15, 0.2) is 29.2 Å². The van der Waals surface area contributed by atoms with Gasteiger partial charge in [-0.15, -0.1) is 11.8 Å². The summed E-state index contributed by atoms with van der Waals surface area (Å²) >= 11 is 1.64. The number of aliphatic carboxylic acids is 1. The summed E-state index contributed by atoms with van der Waals surface area (Å²) in [7, 11) is 0. The van der Waals surface area contributed by atoms with Crippen molar-refractivity contribution in [1.29, 1.82) is 0 Å². The number of thioether (sulfide) groups is 1. The number of carbonyl (C=O) groups excluding carboxylic acids is 1. The molecular formula is C15H21NO3S. The first-order valence-electron chi connectivity index (χ1n) is 6.68. The molecule has 4 nitrogen and oxygen atoms in total. The van der Waals surface area contributed by atoms with Gasteiger partial charge in [-0.25, -0.2) is 0 Å². The standard InChI is InChI=1S/C15H21NO3S/c1-10(2)20-13-7-5-4-6-12(13)15(19)16-11(3)8-9-14(17)18/h4-7,10-11H,8-9H2,1-3H3,(H,16,19)(H,17,18). The molecule has 0 aromatic heterocycles. The van der Waals surface area contributed by atoms with Crippen molar-refractivity contribution in [1.82, 2.24) is 5.32 Å². The van der Waals surface area contributed by atoms with E-state index in [2.05, 4.69) is 19.2 Å². The topological polar surface area (TPSA) is 66.4 Å². The second kappa shape index (κ2) is 7.94. The molecule has 0 radical (unpaired) electrons. The van der Waals surface area contributed by atoms with Crippen molar-refractivity contribution in [2.24, 2.45) is 0 Å². The Morgan fingerprint density at radius 1 is 1.25 bits per heavy atom. The highest BCUT2D eigenvalue weighted by atomic mass is 32.2. The van der Waals surface area contributed by atoms with Gasteiger partial charge >= 0.3 is 5.97 Å². The predicted molar refractivity (Wildman–Crippen MR) is 81.2 cm³/mol. The van der Waals surface area contributed by atoms with Crippen LogP contribution in [0.3, 0.4) is 0 Å². The monoisotopic (exact) mass is 295 g/mol. The molecule has 1 atom stereocenters. The number of carbonyl (C=O) groups is 2. The predicted octanol–water partition coefficient (Wildman–Crippen LogP) is 3.17. The minimum Gasteiger partial charge on any atom is -0.481 e. The molecule has 0 aliphatic carbocycles. The van der Waals surface area contributed by atoms with E-state index in [1.165, 1.54) is 0 Å². The molecule has 0 spiro atoms. The first-order chi connectivity index (χ1) is 9.40. The average Bonchev–Trinajstić information content (AvgIpc) is 2.36. The van der Waals surface area contributed by atoms with E-state index in [0.29, 0.717) is 17.2 Å².